The van der Waals surface area contributed by atoms with Gasteiger partial charge in [0, 0.05) is 23.2 Å². The van der Waals surface area contributed by atoms with E-state index in [1.807, 2.05) is 38.1 Å². The molecule has 0 saturated heterocycles. The Morgan fingerprint density at radius 3 is 2.62 bits per heavy atom. The summed E-state index contributed by atoms with van der Waals surface area (Å²) in [5, 5.41) is 4.04. The van der Waals surface area contributed by atoms with Crippen LogP contribution in [0.2, 0.25) is 5.02 Å². The summed E-state index contributed by atoms with van der Waals surface area (Å²) in [4.78, 5) is 26.2. The molecule has 2 amide bonds. The van der Waals surface area contributed by atoms with Crippen LogP contribution in [0.1, 0.15) is 23.5 Å². The topological polar surface area (TPSA) is 49.4 Å². The van der Waals surface area contributed by atoms with Crippen molar-refractivity contribution in [1.82, 2.24) is 10.2 Å². The van der Waals surface area contributed by atoms with Gasteiger partial charge >= 0.3 is 0 Å². The highest BCUT2D eigenvalue weighted by Gasteiger charge is 2.22. The predicted octanol–water partition coefficient (Wildman–Crippen LogP) is 3.15. The van der Waals surface area contributed by atoms with Crippen molar-refractivity contribution in [1.29, 1.82) is 0 Å². The van der Waals surface area contributed by atoms with E-state index in [0.717, 1.165) is 10.1 Å². The molecule has 0 spiro atoms. The molecule has 0 unspecified atom stereocenters. The zero-order valence-electron chi connectivity index (χ0n) is 12.0. The van der Waals surface area contributed by atoms with Crippen molar-refractivity contribution in [2.45, 2.75) is 13.8 Å². The van der Waals surface area contributed by atoms with Gasteiger partial charge in [0.25, 0.3) is 5.91 Å². The lowest BCUT2D eigenvalue weighted by Crippen LogP contribution is -2.40. The summed E-state index contributed by atoms with van der Waals surface area (Å²) in [5.41, 5.74) is 0. The molecule has 1 aromatic carbocycles. The molecule has 6 heteroatoms. The number of hydrogen-bond donors (Lipinski definition) is 1. The van der Waals surface area contributed by atoms with Crippen LogP contribution in [0.4, 0.5) is 0 Å². The normalized spacial score (nSPS) is 10.6. The lowest BCUT2D eigenvalue weighted by atomic mass is 10.2. The average molecular weight is 325 g/mol. The molecule has 4 nitrogen and oxygen atoms in total. The predicted molar refractivity (Wildman–Crippen MR) is 87.1 cm³/mol. The zero-order valence-corrected chi connectivity index (χ0v) is 13.6. The fourth-order valence-corrected chi connectivity index (χ4v) is 3.53. The molecule has 0 atom stereocenters. The Kier molecular flexibility index (Phi) is 5.20. The van der Waals surface area contributed by atoms with Gasteiger partial charge in [-0.25, -0.2) is 0 Å². The largest absolute Gasteiger partial charge is 0.355 e. The quantitative estimate of drug-likeness (QED) is 0.918. The van der Waals surface area contributed by atoms with E-state index in [0.29, 0.717) is 23.0 Å². The molecule has 0 aliphatic heterocycles. The van der Waals surface area contributed by atoms with E-state index < -0.39 is 0 Å². The number of benzene rings is 1. The third-order valence-electron chi connectivity index (χ3n) is 3.11. The number of nitrogens with one attached hydrogen (secondary N) is 1. The summed E-state index contributed by atoms with van der Waals surface area (Å²) in [6.07, 6.45) is 0. The monoisotopic (exact) mass is 324 g/mol. The number of amides is 2. The van der Waals surface area contributed by atoms with E-state index in [4.69, 9.17) is 11.6 Å². The Bertz CT molecular complexity index is 669. The molecule has 2 rings (SSSR count). The van der Waals surface area contributed by atoms with E-state index in [2.05, 4.69) is 5.32 Å². The number of carbonyl (C=O) groups excluding carboxylic acids is 2. The number of halogens is 1. The second kappa shape index (κ2) is 6.91. The fraction of sp³-hybridized carbons (Fsp3) is 0.333. The van der Waals surface area contributed by atoms with Gasteiger partial charge in [0.15, 0.2) is 0 Å². The van der Waals surface area contributed by atoms with Crippen molar-refractivity contribution in [2.24, 2.45) is 0 Å². The zero-order chi connectivity index (χ0) is 15.4. The van der Waals surface area contributed by atoms with Gasteiger partial charge in [-0.2, -0.15) is 0 Å². The lowest BCUT2D eigenvalue weighted by molar-refractivity contribution is -0.121. The Balaban J connectivity index is 2.27. The second-order valence-electron chi connectivity index (χ2n) is 4.51. The highest BCUT2D eigenvalue weighted by molar-refractivity contribution is 7.21. The number of carbonyl (C=O) groups is 2. The van der Waals surface area contributed by atoms with Crippen molar-refractivity contribution < 1.29 is 9.59 Å². The van der Waals surface area contributed by atoms with Gasteiger partial charge in [0.1, 0.15) is 4.88 Å². The van der Waals surface area contributed by atoms with Gasteiger partial charge in [0.05, 0.1) is 11.6 Å². The first-order valence-electron chi connectivity index (χ1n) is 6.81. The summed E-state index contributed by atoms with van der Waals surface area (Å²) in [5.74, 6) is -0.361. The van der Waals surface area contributed by atoms with Crippen LogP contribution in [-0.4, -0.2) is 36.3 Å². The van der Waals surface area contributed by atoms with Crippen molar-refractivity contribution in [3.63, 3.8) is 0 Å². The summed E-state index contributed by atoms with van der Waals surface area (Å²) in [6, 6.07) is 7.63. The van der Waals surface area contributed by atoms with E-state index in [9.17, 15) is 9.59 Å². The first-order chi connectivity index (χ1) is 10.1. The molecule has 2 aromatic rings. The van der Waals surface area contributed by atoms with Gasteiger partial charge in [-0.05, 0) is 19.9 Å². The third-order valence-corrected chi connectivity index (χ3v) is 4.77. The molecule has 0 saturated carbocycles. The smallest absolute Gasteiger partial charge is 0.265 e. The Hall–Kier alpha value is -1.59. The van der Waals surface area contributed by atoms with Gasteiger partial charge in [-0.1, -0.05) is 29.8 Å². The maximum Gasteiger partial charge on any atom is 0.265 e. The number of hydrogen-bond acceptors (Lipinski definition) is 3. The summed E-state index contributed by atoms with van der Waals surface area (Å²) in [6.45, 7) is 4.75. The average Bonchev–Trinajstić information content (AvgIpc) is 2.82. The minimum atomic E-state index is -0.199. The van der Waals surface area contributed by atoms with Gasteiger partial charge in [0.2, 0.25) is 5.91 Å². The maximum atomic E-state index is 12.6. The van der Waals surface area contributed by atoms with Crippen LogP contribution in [0.3, 0.4) is 0 Å². The minimum absolute atomic E-state index is 0.0494. The fourth-order valence-electron chi connectivity index (χ4n) is 2.05. The number of thiophene rings is 1. The van der Waals surface area contributed by atoms with Gasteiger partial charge in [-0.3, -0.25) is 9.59 Å². The molecule has 0 aliphatic rings. The highest BCUT2D eigenvalue weighted by Crippen LogP contribution is 2.35. The van der Waals surface area contributed by atoms with Crippen LogP contribution < -0.4 is 5.32 Å². The van der Waals surface area contributed by atoms with Crippen molar-refractivity contribution in [3.8, 4) is 0 Å². The molecular formula is C15H17ClN2O2S. The van der Waals surface area contributed by atoms with Crippen LogP contribution in [-0.2, 0) is 4.79 Å². The summed E-state index contributed by atoms with van der Waals surface area (Å²) < 4.78 is 0.972. The molecule has 1 heterocycles. The molecule has 1 N–H and O–H groups in total. The van der Waals surface area contributed by atoms with Crippen LogP contribution in [0.5, 0.6) is 0 Å². The summed E-state index contributed by atoms with van der Waals surface area (Å²) >= 11 is 7.67. The van der Waals surface area contributed by atoms with Gasteiger partial charge in [-0.15, -0.1) is 11.3 Å². The first-order valence-corrected chi connectivity index (χ1v) is 8.00. The van der Waals surface area contributed by atoms with Crippen LogP contribution in [0, 0.1) is 0 Å². The van der Waals surface area contributed by atoms with Crippen LogP contribution in [0.25, 0.3) is 10.1 Å². The molecule has 0 aliphatic carbocycles. The molecule has 0 radical (unpaired) electrons. The second-order valence-corrected chi connectivity index (χ2v) is 5.94. The standard InChI is InChI=1S/C15H17ClN2O2S/c1-3-17-12(19)9-18(4-2)15(20)14-13(16)10-7-5-6-8-11(10)21-14/h5-8H,3-4,9H2,1-2H3,(H,17,19). The molecule has 0 bridgehead atoms. The van der Waals surface area contributed by atoms with Crippen molar-refractivity contribution in [2.75, 3.05) is 19.6 Å². The number of nitrogens with zero attached hydrogens (tertiary/aromatic N) is 1. The number of rotatable bonds is 5. The van der Waals surface area contributed by atoms with Crippen LogP contribution >= 0.6 is 22.9 Å². The third kappa shape index (κ3) is 3.36. The van der Waals surface area contributed by atoms with Crippen molar-refractivity contribution in [3.05, 3.63) is 34.2 Å². The van der Waals surface area contributed by atoms with Crippen LogP contribution in [0.15, 0.2) is 24.3 Å². The molecule has 0 fully saturated rings. The maximum absolute atomic E-state index is 12.6. The SMILES string of the molecule is CCNC(=O)CN(CC)C(=O)c1sc2ccccc2c1Cl. The van der Waals surface area contributed by atoms with E-state index in [1.54, 1.807) is 0 Å². The van der Waals surface area contributed by atoms with E-state index >= 15 is 0 Å². The summed E-state index contributed by atoms with van der Waals surface area (Å²) in [7, 11) is 0. The van der Waals surface area contributed by atoms with Gasteiger partial charge < -0.3 is 10.2 Å². The van der Waals surface area contributed by atoms with Crippen molar-refractivity contribution >= 4 is 44.8 Å². The molecule has 1 aromatic heterocycles. The van der Waals surface area contributed by atoms with E-state index in [1.165, 1.54) is 16.2 Å². The van der Waals surface area contributed by atoms with E-state index in [-0.39, 0.29) is 18.4 Å². The Morgan fingerprint density at radius 1 is 1.29 bits per heavy atom. The molecule has 112 valence electrons. The Morgan fingerprint density at radius 2 is 2.00 bits per heavy atom. The number of fused-ring (bicyclic) bond motifs is 1. The first kappa shape index (κ1) is 15.8. The number of likely N-dealkylation sites (N-methyl/N-ethyl adjacent to an activating group) is 2. The highest BCUT2D eigenvalue weighted by atomic mass is 35.5. The Labute approximate surface area is 132 Å². The molecular weight excluding hydrogens is 308 g/mol. The lowest BCUT2D eigenvalue weighted by Gasteiger charge is -2.19. The molecule has 21 heavy (non-hydrogen) atoms. The minimum Gasteiger partial charge on any atom is -0.355 e.